The molecule has 36 heavy (non-hydrogen) atoms. The average molecular weight is 483 g/mol. The van der Waals surface area contributed by atoms with Crippen LogP contribution < -0.4 is 5.32 Å². The van der Waals surface area contributed by atoms with E-state index < -0.39 is 0 Å². The maximum Gasteiger partial charge on any atom is 0.261 e. The SMILES string of the molecule is CN1CCN(CC(NC(=O)c2ccc(CN3C(=O)c4ccccc4C3=O)cc2)c2ccccc2)CC1. The summed E-state index contributed by atoms with van der Waals surface area (Å²) in [5.41, 5.74) is 3.28. The van der Waals surface area contributed by atoms with Crippen molar-refractivity contribution in [3.05, 3.63) is 107 Å². The lowest BCUT2D eigenvalue weighted by atomic mass is 10.0. The van der Waals surface area contributed by atoms with Gasteiger partial charge in [0.05, 0.1) is 23.7 Å². The first-order valence-electron chi connectivity index (χ1n) is 12.3. The van der Waals surface area contributed by atoms with Crippen molar-refractivity contribution in [3.8, 4) is 0 Å². The fraction of sp³-hybridized carbons (Fsp3) is 0.276. The Bertz CT molecular complexity index is 1220. The highest BCUT2D eigenvalue weighted by Gasteiger charge is 2.35. The fourth-order valence-electron chi connectivity index (χ4n) is 4.78. The maximum atomic E-state index is 13.2. The van der Waals surface area contributed by atoms with E-state index in [-0.39, 0.29) is 30.3 Å². The van der Waals surface area contributed by atoms with Crippen LogP contribution in [-0.2, 0) is 6.54 Å². The van der Waals surface area contributed by atoms with Gasteiger partial charge >= 0.3 is 0 Å². The number of nitrogens with one attached hydrogen (secondary N) is 1. The number of benzene rings is 3. The van der Waals surface area contributed by atoms with Crippen molar-refractivity contribution < 1.29 is 14.4 Å². The Morgan fingerprint density at radius 2 is 1.39 bits per heavy atom. The Balaban J connectivity index is 1.25. The molecule has 0 radical (unpaired) electrons. The summed E-state index contributed by atoms with van der Waals surface area (Å²) >= 11 is 0. The van der Waals surface area contributed by atoms with Crippen molar-refractivity contribution in [2.45, 2.75) is 12.6 Å². The third kappa shape index (κ3) is 5.08. The van der Waals surface area contributed by atoms with Gasteiger partial charge in [-0.05, 0) is 42.4 Å². The summed E-state index contributed by atoms with van der Waals surface area (Å²) in [5.74, 6) is -0.718. The summed E-state index contributed by atoms with van der Waals surface area (Å²) < 4.78 is 0. The largest absolute Gasteiger partial charge is 0.344 e. The Kier molecular flexibility index (Phi) is 6.93. The van der Waals surface area contributed by atoms with Crippen LogP contribution in [0, 0.1) is 0 Å². The number of likely N-dealkylation sites (N-methyl/N-ethyl adjacent to an activating group) is 1. The average Bonchev–Trinajstić information content (AvgIpc) is 3.15. The van der Waals surface area contributed by atoms with Gasteiger partial charge in [0.25, 0.3) is 17.7 Å². The zero-order chi connectivity index (χ0) is 25.1. The molecule has 1 saturated heterocycles. The molecule has 3 aromatic rings. The van der Waals surface area contributed by atoms with E-state index in [2.05, 4.69) is 22.2 Å². The second-order valence-corrected chi connectivity index (χ2v) is 9.48. The van der Waals surface area contributed by atoms with Crippen LogP contribution in [0.3, 0.4) is 0 Å². The highest BCUT2D eigenvalue weighted by Crippen LogP contribution is 2.24. The lowest BCUT2D eigenvalue weighted by molar-refractivity contribution is 0.0641. The molecule has 1 N–H and O–H groups in total. The van der Waals surface area contributed by atoms with E-state index >= 15 is 0 Å². The van der Waals surface area contributed by atoms with E-state index in [1.54, 1.807) is 48.5 Å². The molecule has 2 heterocycles. The minimum absolute atomic E-state index is 0.125. The number of rotatable bonds is 7. The van der Waals surface area contributed by atoms with Gasteiger partial charge in [-0.2, -0.15) is 0 Å². The van der Waals surface area contributed by atoms with Crippen LogP contribution in [0.5, 0.6) is 0 Å². The third-order valence-corrected chi connectivity index (χ3v) is 6.98. The van der Waals surface area contributed by atoms with Gasteiger partial charge in [0.2, 0.25) is 0 Å². The molecule has 7 nitrogen and oxygen atoms in total. The first kappa shape index (κ1) is 23.9. The van der Waals surface area contributed by atoms with Crippen molar-refractivity contribution >= 4 is 17.7 Å². The number of fused-ring (bicyclic) bond motifs is 1. The number of carbonyl (C=O) groups is 3. The third-order valence-electron chi connectivity index (χ3n) is 6.98. The molecule has 0 aromatic heterocycles. The lowest BCUT2D eigenvalue weighted by Gasteiger charge is -2.35. The lowest BCUT2D eigenvalue weighted by Crippen LogP contribution is -2.47. The summed E-state index contributed by atoms with van der Waals surface area (Å²) in [6.45, 7) is 4.91. The maximum absolute atomic E-state index is 13.2. The first-order chi connectivity index (χ1) is 17.5. The summed E-state index contributed by atoms with van der Waals surface area (Å²) in [7, 11) is 2.13. The standard InChI is InChI=1S/C29H30N4O3/c1-31-15-17-32(18-16-31)20-26(22-7-3-2-4-8-22)30-27(34)23-13-11-21(12-14-23)19-33-28(35)24-9-5-6-10-25(24)29(33)36/h2-14,26H,15-20H2,1H3,(H,30,34). The Morgan fingerprint density at radius 1 is 0.806 bits per heavy atom. The van der Waals surface area contributed by atoms with Crippen LogP contribution in [0.1, 0.15) is 48.2 Å². The Morgan fingerprint density at radius 3 is 2.00 bits per heavy atom. The van der Waals surface area contributed by atoms with Crippen LogP contribution >= 0.6 is 0 Å². The Labute approximate surface area is 211 Å². The number of piperazine rings is 1. The van der Waals surface area contributed by atoms with Gasteiger partial charge in [-0.25, -0.2) is 0 Å². The van der Waals surface area contributed by atoms with Crippen LogP contribution in [0.15, 0.2) is 78.9 Å². The molecule has 0 aliphatic carbocycles. The molecular weight excluding hydrogens is 452 g/mol. The van der Waals surface area contributed by atoms with Gasteiger partial charge in [0.1, 0.15) is 0 Å². The number of amides is 3. The minimum Gasteiger partial charge on any atom is -0.344 e. The number of imide groups is 1. The van der Waals surface area contributed by atoms with Crippen molar-refractivity contribution in [3.63, 3.8) is 0 Å². The van der Waals surface area contributed by atoms with Crippen LogP contribution in [0.25, 0.3) is 0 Å². The van der Waals surface area contributed by atoms with Gasteiger partial charge in [-0.15, -0.1) is 0 Å². The summed E-state index contributed by atoms with van der Waals surface area (Å²) in [6, 6.07) is 23.9. The molecule has 1 fully saturated rings. The molecule has 2 aliphatic rings. The fourth-order valence-corrected chi connectivity index (χ4v) is 4.78. The van der Waals surface area contributed by atoms with Crippen molar-refractivity contribution in [1.82, 2.24) is 20.0 Å². The topological polar surface area (TPSA) is 73.0 Å². The normalized spacial score (nSPS) is 17.2. The predicted molar refractivity (Wildman–Crippen MR) is 138 cm³/mol. The molecule has 1 atom stereocenters. The molecule has 3 aromatic carbocycles. The molecule has 0 spiro atoms. The molecule has 7 heteroatoms. The van der Waals surface area contributed by atoms with Gasteiger partial charge in [-0.3, -0.25) is 24.2 Å². The van der Waals surface area contributed by atoms with E-state index in [1.165, 1.54) is 4.90 Å². The van der Waals surface area contributed by atoms with Crippen molar-refractivity contribution in [2.24, 2.45) is 0 Å². The van der Waals surface area contributed by atoms with Gasteiger partial charge < -0.3 is 10.2 Å². The zero-order valence-electron chi connectivity index (χ0n) is 20.4. The van der Waals surface area contributed by atoms with Gasteiger partial charge in [0.15, 0.2) is 0 Å². The van der Waals surface area contributed by atoms with Crippen molar-refractivity contribution in [2.75, 3.05) is 39.8 Å². The Hall–Kier alpha value is -3.81. The first-order valence-corrected chi connectivity index (χ1v) is 12.3. The van der Waals surface area contributed by atoms with Crippen LogP contribution in [-0.4, -0.2) is 72.2 Å². The smallest absolute Gasteiger partial charge is 0.261 e. The van der Waals surface area contributed by atoms with E-state index in [1.807, 2.05) is 30.3 Å². The number of nitrogens with zero attached hydrogens (tertiary/aromatic N) is 3. The highest BCUT2D eigenvalue weighted by molar-refractivity contribution is 6.21. The van der Waals surface area contributed by atoms with Crippen LogP contribution in [0.4, 0.5) is 0 Å². The molecular formula is C29H30N4O3. The molecule has 0 bridgehead atoms. The molecule has 0 saturated carbocycles. The van der Waals surface area contributed by atoms with E-state index in [0.29, 0.717) is 16.7 Å². The summed E-state index contributed by atoms with van der Waals surface area (Å²) in [5, 5.41) is 3.21. The molecule has 5 rings (SSSR count). The second-order valence-electron chi connectivity index (χ2n) is 9.48. The van der Waals surface area contributed by atoms with E-state index in [0.717, 1.165) is 43.9 Å². The molecule has 1 unspecified atom stereocenters. The quantitative estimate of drug-likeness (QED) is 0.524. The van der Waals surface area contributed by atoms with Crippen molar-refractivity contribution in [1.29, 1.82) is 0 Å². The molecule has 3 amide bonds. The second kappa shape index (κ2) is 10.4. The summed E-state index contributed by atoms with van der Waals surface area (Å²) in [6.07, 6.45) is 0. The van der Waals surface area contributed by atoms with Gasteiger partial charge in [-0.1, -0.05) is 54.6 Å². The number of hydrogen-bond donors (Lipinski definition) is 1. The van der Waals surface area contributed by atoms with E-state index in [4.69, 9.17) is 0 Å². The summed E-state index contributed by atoms with van der Waals surface area (Å²) in [4.78, 5) is 44.5. The van der Waals surface area contributed by atoms with E-state index in [9.17, 15) is 14.4 Å². The highest BCUT2D eigenvalue weighted by atomic mass is 16.2. The monoisotopic (exact) mass is 482 g/mol. The predicted octanol–water partition coefficient (Wildman–Crippen LogP) is 3.20. The van der Waals surface area contributed by atoms with Gasteiger partial charge in [0, 0.05) is 38.3 Å². The molecule has 2 aliphatic heterocycles. The minimum atomic E-state index is -0.285. The zero-order valence-corrected chi connectivity index (χ0v) is 20.4. The molecule has 184 valence electrons. The number of carbonyl (C=O) groups excluding carboxylic acids is 3. The number of hydrogen-bond acceptors (Lipinski definition) is 5. The van der Waals surface area contributed by atoms with Crippen LogP contribution in [0.2, 0.25) is 0 Å².